The van der Waals surface area contributed by atoms with Crippen molar-refractivity contribution in [3.8, 4) is 11.3 Å². The van der Waals surface area contributed by atoms with Crippen molar-refractivity contribution in [2.24, 2.45) is 0 Å². The van der Waals surface area contributed by atoms with E-state index >= 15 is 0 Å². The topological polar surface area (TPSA) is 54.3 Å². The summed E-state index contributed by atoms with van der Waals surface area (Å²) in [6, 6.07) is 16.9. The zero-order valence-corrected chi connectivity index (χ0v) is 15.9. The summed E-state index contributed by atoms with van der Waals surface area (Å²) in [5, 5.41) is 5.54. The Kier molecular flexibility index (Phi) is 5.80. The van der Waals surface area contributed by atoms with E-state index in [0.717, 1.165) is 21.9 Å². The molecule has 0 spiro atoms. The van der Waals surface area contributed by atoms with Crippen LogP contribution in [-0.4, -0.2) is 11.0 Å². The molecule has 0 aliphatic carbocycles. The quantitative estimate of drug-likeness (QED) is 0.589. The molecule has 0 radical (unpaired) electrons. The molecule has 26 heavy (non-hydrogen) atoms. The van der Waals surface area contributed by atoms with Gasteiger partial charge < -0.3 is 9.73 Å². The predicted octanol–water partition coefficient (Wildman–Crippen LogP) is 4.65. The van der Waals surface area contributed by atoms with Gasteiger partial charge in [-0.1, -0.05) is 34.1 Å². The van der Waals surface area contributed by atoms with E-state index < -0.39 is 11.7 Å². The van der Waals surface area contributed by atoms with Crippen molar-refractivity contribution >= 4 is 39.2 Å². The molecule has 7 heteroatoms. The van der Waals surface area contributed by atoms with Gasteiger partial charge in [0.1, 0.15) is 17.3 Å². The minimum Gasteiger partial charge on any atom is -0.459 e. The Hall–Kier alpha value is -2.51. The monoisotopic (exact) mass is 432 g/mol. The highest BCUT2D eigenvalue weighted by atomic mass is 79.9. The third-order valence-corrected chi connectivity index (χ3v) is 4.30. The molecule has 3 aromatic rings. The first-order valence-electron chi connectivity index (χ1n) is 7.70. The maximum Gasteiger partial charge on any atom is 0.257 e. The average molecular weight is 433 g/mol. The summed E-state index contributed by atoms with van der Waals surface area (Å²) in [5.74, 6) is 0.457. The van der Waals surface area contributed by atoms with E-state index in [4.69, 9.17) is 16.6 Å². The smallest absolute Gasteiger partial charge is 0.257 e. The van der Waals surface area contributed by atoms with Crippen molar-refractivity contribution in [2.45, 2.75) is 6.54 Å². The van der Waals surface area contributed by atoms with Crippen LogP contribution in [0.5, 0.6) is 0 Å². The fraction of sp³-hybridized carbons (Fsp3) is 0.0526. The molecule has 0 saturated carbocycles. The van der Waals surface area contributed by atoms with E-state index in [-0.39, 0.29) is 10.7 Å². The Morgan fingerprint density at radius 1 is 1.12 bits per heavy atom. The summed E-state index contributed by atoms with van der Waals surface area (Å²) >= 11 is 8.49. The van der Waals surface area contributed by atoms with Gasteiger partial charge in [-0.15, -0.1) is 0 Å². The van der Waals surface area contributed by atoms with Gasteiger partial charge in [-0.05, 0) is 54.7 Å². The van der Waals surface area contributed by atoms with E-state index in [1.54, 1.807) is 0 Å². The Labute approximate surface area is 163 Å². The number of nitrogens with one attached hydrogen (secondary N) is 2. The molecule has 0 aliphatic heterocycles. The SMILES string of the molecule is O=C(NC(=S)NCc1ccc(-c2ccc(Br)cc2)o1)c1cccc(F)c1. The summed E-state index contributed by atoms with van der Waals surface area (Å²) < 4.78 is 19.9. The van der Waals surface area contributed by atoms with Crippen LogP contribution < -0.4 is 10.6 Å². The highest BCUT2D eigenvalue weighted by Crippen LogP contribution is 2.23. The number of hydrogen-bond acceptors (Lipinski definition) is 3. The van der Waals surface area contributed by atoms with Gasteiger partial charge in [-0.2, -0.15) is 0 Å². The van der Waals surface area contributed by atoms with Gasteiger partial charge >= 0.3 is 0 Å². The second kappa shape index (κ2) is 8.25. The molecule has 132 valence electrons. The molecule has 3 rings (SSSR count). The zero-order valence-electron chi connectivity index (χ0n) is 13.5. The summed E-state index contributed by atoms with van der Waals surface area (Å²) in [7, 11) is 0. The van der Waals surface area contributed by atoms with Gasteiger partial charge in [-0.25, -0.2) is 4.39 Å². The third kappa shape index (κ3) is 4.77. The van der Waals surface area contributed by atoms with Crippen LogP contribution in [0.4, 0.5) is 4.39 Å². The Balaban J connectivity index is 1.55. The van der Waals surface area contributed by atoms with Crippen LogP contribution in [0.2, 0.25) is 0 Å². The minimum absolute atomic E-state index is 0.140. The minimum atomic E-state index is -0.479. The van der Waals surface area contributed by atoms with Crippen LogP contribution in [-0.2, 0) is 6.54 Å². The molecular formula is C19H14BrFN2O2S. The van der Waals surface area contributed by atoms with E-state index in [1.807, 2.05) is 36.4 Å². The maximum atomic E-state index is 13.2. The van der Waals surface area contributed by atoms with Gasteiger partial charge in [0.05, 0.1) is 6.54 Å². The Bertz CT molecular complexity index is 941. The molecule has 2 aromatic carbocycles. The van der Waals surface area contributed by atoms with Gasteiger partial charge in [0.25, 0.3) is 5.91 Å². The lowest BCUT2D eigenvalue weighted by Crippen LogP contribution is -2.38. The van der Waals surface area contributed by atoms with Crippen molar-refractivity contribution in [2.75, 3.05) is 0 Å². The van der Waals surface area contributed by atoms with E-state index in [0.29, 0.717) is 12.3 Å². The largest absolute Gasteiger partial charge is 0.459 e. The molecule has 1 heterocycles. The summed E-state index contributed by atoms with van der Waals surface area (Å²) in [4.78, 5) is 12.0. The summed E-state index contributed by atoms with van der Waals surface area (Å²) in [6.07, 6.45) is 0. The number of thiocarbonyl (C=S) groups is 1. The van der Waals surface area contributed by atoms with Gasteiger partial charge in [0.15, 0.2) is 5.11 Å². The van der Waals surface area contributed by atoms with Gasteiger partial charge in [-0.3, -0.25) is 10.1 Å². The second-order valence-corrected chi connectivity index (χ2v) is 6.74. The summed E-state index contributed by atoms with van der Waals surface area (Å²) in [6.45, 7) is 0.318. The third-order valence-electron chi connectivity index (χ3n) is 3.53. The lowest BCUT2D eigenvalue weighted by molar-refractivity contribution is 0.0976. The number of benzene rings is 2. The molecule has 2 N–H and O–H groups in total. The van der Waals surface area contributed by atoms with Gasteiger partial charge in [0, 0.05) is 15.6 Å². The van der Waals surface area contributed by atoms with Crippen LogP contribution in [0.25, 0.3) is 11.3 Å². The highest BCUT2D eigenvalue weighted by molar-refractivity contribution is 9.10. The van der Waals surface area contributed by atoms with Crippen molar-refractivity contribution in [1.29, 1.82) is 0 Å². The highest BCUT2D eigenvalue weighted by Gasteiger charge is 2.10. The fourth-order valence-corrected chi connectivity index (χ4v) is 2.69. The van der Waals surface area contributed by atoms with Crippen LogP contribution in [0.1, 0.15) is 16.1 Å². The van der Waals surface area contributed by atoms with Crippen LogP contribution in [0, 0.1) is 5.82 Å². The van der Waals surface area contributed by atoms with Crippen LogP contribution >= 0.6 is 28.1 Å². The molecule has 4 nitrogen and oxygen atoms in total. The molecule has 0 fully saturated rings. The first-order valence-corrected chi connectivity index (χ1v) is 8.91. The lowest BCUT2D eigenvalue weighted by Gasteiger charge is -2.08. The average Bonchev–Trinajstić information content (AvgIpc) is 3.09. The number of halogens is 2. The molecular weight excluding hydrogens is 419 g/mol. The van der Waals surface area contributed by atoms with E-state index in [9.17, 15) is 9.18 Å². The zero-order chi connectivity index (χ0) is 18.5. The second-order valence-electron chi connectivity index (χ2n) is 5.42. The van der Waals surface area contributed by atoms with Crippen molar-refractivity contribution in [1.82, 2.24) is 10.6 Å². The van der Waals surface area contributed by atoms with Gasteiger partial charge in [0.2, 0.25) is 0 Å². The molecule has 0 aliphatic rings. The number of amides is 1. The standard InChI is InChI=1S/C19H14BrFN2O2S/c20-14-6-4-12(5-7-14)17-9-8-16(25-17)11-22-19(26)23-18(24)13-2-1-3-15(21)10-13/h1-10H,11H2,(H2,22,23,24,26). The maximum absolute atomic E-state index is 13.2. The number of rotatable bonds is 4. The Morgan fingerprint density at radius 3 is 2.62 bits per heavy atom. The van der Waals surface area contributed by atoms with Crippen molar-refractivity contribution in [3.63, 3.8) is 0 Å². The first kappa shape index (κ1) is 18.3. The molecule has 0 saturated heterocycles. The Morgan fingerprint density at radius 2 is 1.88 bits per heavy atom. The molecule has 1 amide bonds. The number of carbonyl (C=O) groups is 1. The van der Waals surface area contributed by atoms with Crippen LogP contribution in [0.3, 0.4) is 0 Å². The number of furan rings is 1. The normalized spacial score (nSPS) is 10.4. The number of carbonyl (C=O) groups excluding carboxylic acids is 1. The summed E-state index contributed by atoms with van der Waals surface area (Å²) in [5.41, 5.74) is 1.16. The first-order chi connectivity index (χ1) is 12.5. The molecule has 1 aromatic heterocycles. The predicted molar refractivity (Wildman–Crippen MR) is 105 cm³/mol. The lowest BCUT2D eigenvalue weighted by atomic mass is 10.2. The van der Waals surface area contributed by atoms with Crippen molar-refractivity contribution in [3.05, 3.63) is 82.3 Å². The fourth-order valence-electron chi connectivity index (χ4n) is 2.26. The molecule has 0 bridgehead atoms. The van der Waals surface area contributed by atoms with Crippen molar-refractivity contribution < 1.29 is 13.6 Å². The van der Waals surface area contributed by atoms with E-state index in [1.165, 1.54) is 18.2 Å². The molecule has 0 unspecified atom stereocenters. The molecule has 0 atom stereocenters. The van der Waals surface area contributed by atoms with E-state index in [2.05, 4.69) is 26.6 Å². The van der Waals surface area contributed by atoms with Crippen LogP contribution in [0.15, 0.2) is 69.6 Å². The number of hydrogen-bond donors (Lipinski definition) is 2.